The van der Waals surface area contributed by atoms with Crippen molar-refractivity contribution in [2.45, 2.75) is 20.8 Å². The van der Waals surface area contributed by atoms with E-state index in [9.17, 15) is 0 Å². The Morgan fingerprint density at radius 2 is 1.68 bits per heavy atom. The van der Waals surface area contributed by atoms with Crippen LogP contribution in [0.15, 0.2) is 34.3 Å². The standard InChI is InChI=1S/C17H18N2/c1-12-4-5-13-6-7-14-8-9-17(2,3)11-19-16(14)15(13)18-10-12/h4-12H,1-3H3. The number of allylic oxidation sites excluding steroid dienone is 2. The Morgan fingerprint density at radius 1 is 1.00 bits per heavy atom. The van der Waals surface area contributed by atoms with Gasteiger partial charge in [0.25, 0.3) is 0 Å². The molecule has 0 bridgehead atoms. The van der Waals surface area contributed by atoms with E-state index >= 15 is 0 Å². The minimum atomic E-state index is -0.0104. The minimum absolute atomic E-state index is 0.0104. The minimum Gasteiger partial charge on any atom is -0.258 e. The molecule has 0 aliphatic carbocycles. The first-order valence-electron chi connectivity index (χ1n) is 6.69. The van der Waals surface area contributed by atoms with Crippen LogP contribution in [-0.4, -0.2) is 12.4 Å². The van der Waals surface area contributed by atoms with E-state index in [1.165, 1.54) is 0 Å². The van der Waals surface area contributed by atoms with E-state index in [-0.39, 0.29) is 5.41 Å². The highest BCUT2D eigenvalue weighted by Crippen LogP contribution is 2.40. The summed E-state index contributed by atoms with van der Waals surface area (Å²) in [6.45, 7) is 6.45. The molecule has 2 heteroatoms. The topological polar surface area (TPSA) is 24.7 Å². The SMILES string of the molecule is CC1C=Cc2ccc3c(c2N=C1)N=CC(C)(C)C=C3. The fourth-order valence-electron chi connectivity index (χ4n) is 2.23. The highest BCUT2D eigenvalue weighted by atomic mass is 14.8. The van der Waals surface area contributed by atoms with E-state index in [1.807, 2.05) is 12.4 Å². The first kappa shape index (κ1) is 12.1. The van der Waals surface area contributed by atoms with Gasteiger partial charge in [-0.3, -0.25) is 9.98 Å². The summed E-state index contributed by atoms with van der Waals surface area (Å²) in [6, 6.07) is 4.25. The summed E-state index contributed by atoms with van der Waals surface area (Å²) in [4.78, 5) is 9.32. The van der Waals surface area contributed by atoms with Crippen LogP contribution in [0, 0.1) is 11.3 Å². The van der Waals surface area contributed by atoms with E-state index in [2.05, 4.69) is 67.2 Å². The van der Waals surface area contributed by atoms with Crippen LogP contribution < -0.4 is 0 Å². The lowest BCUT2D eigenvalue weighted by Crippen LogP contribution is -2.07. The maximum absolute atomic E-state index is 4.68. The van der Waals surface area contributed by atoms with Crippen LogP contribution in [0.4, 0.5) is 11.4 Å². The molecule has 2 aliphatic heterocycles. The molecule has 0 saturated carbocycles. The monoisotopic (exact) mass is 250 g/mol. The molecule has 2 heterocycles. The van der Waals surface area contributed by atoms with Gasteiger partial charge in [-0.1, -0.05) is 57.2 Å². The van der Waals surface area contributed by atoms with Gasteiger partial charge < -0.3 is 0 Å². The third kappa shape index (κ3) is 2.30. The first-order valence-corrected chi connectivity index (χ1v) is 6.69. The highest BCUT2D eigenvalue weighted by Gasteiger charge is 2.17. The maximum atomic E-state index is 4.68. The molecule has 19 heavy (non-hydrogen) atoms. The number of aliphatic imine (C=N–C) groups is 2. The van der Waals surface area contributed by atoms with Gasteiger partial charge >= 0.3 is 0 Å². The number of rotatable bonds is 0. The summed E-state index contributed by atoms with van der Waals surface area (Å²) in [5, 5.41) is 0. The molecule has 1 unspecified atom stereocenters. The normalized spacial score (nSPS) is 22.6. The van der Waals surface area contributed by atoms with E-state index in [1.54, 1.807) is 0 Å². The van der Waals surface area contributed by atoms with Crippen molar-refractivity contribution < 1.29 is 0 Å². The van der Waals surface area contributed by atoms with Crippen LogP contribution in [-0.2, 0) is 0 Å². The van der Waals surface area contributed by atoms with Crippen molar-refractivity contribution in [2.24, 2.45) is 21.3 Å². The van der Waals surface area contributed by atoms with Crippen molar-refractivity contribution in [1.82, 2.24) is 0 Å². The predicted octanol–water partition coefficient (Wildman–Crippen LogP) is 4.81. The van der Waals surface area contributed by atoms with E-state index in [0.717, 1.165) is 22.5 Å². The number of hydrogen-bond acceptors (Lipinski definition) is 2. The second-order valence-corrected chi connectivity index (χ2v) is 5.85. The zero-order chi connectivity index (χ0) is 13.5. The molecule has 2 nitrogen and oxygen atoms in total. The van der Waals surface area contributed by atoms with Gasteiger partial charge in [0.1, 0.15) is 0 Å². The van der Waals surface area contributed by atoms with E-state index < -0.39 is 0 Å². The molecule has 96 valence electrons. The quantitative estimate of drug-likeness (QED) is 0.631. The van der Waals surface area contributed by atoms with Gasteiger partial charge in [0.15, 0.2) is 0 Å². The molecule has 2 aliphatic rings. The maximum Gasteiger partial charge on any atom is 0.0960 e. The largest absolute Gasteiger partial charge is 0.258 e. The summed E-state index contributed by atoms with van der Waals surface area (Å²) in [7, 11) is 0. The summed E-state index contributed by atoms with van der Waals surface area (Å²) in [6.07, 6.45) is 12.6. The van der Waals surface area contributed by atoms with Crippen LogP contribution in [0.1, 0.15) is 31.9 Å². The van der Waals surface area contributed by atoms with Crippen LogP contribution in [0.5, 0.6) is 0 Å². The third-order valence-electron chi connectivity index (χ3n) is 3.45. The molecule has 0 aromatic heterocycles. The second-order valence-electron chi connectivity index (χ2n) is 5.85. The Labute approximate surface area is 114 Å². The Morgan fingerprint density at radius 3 is 2.47 bits per heavy atom. The molecule has 1 aromatic rings. The number of benzene rings is 1. The fourth-order valence-corrected chi connectivity index (χ4v) is 2.23. The average Bonchev–Trinajstić information content (AvgIpc) is 2.65. The summed E-state index contributed by atoms with van der Waals surface area (Å²) >= 11 is 0. The van der Waals surface area contributed by atoms with Crippen LogP contribution in [0.2, 0.25) is 0 Å². The Bertz CT molecular complexity index is 631. The van der Waals surface area contributed by atoms with Gasteiger partial charge in [0, 0.05) is 34.9 Å². The van der Waals surface area contributed by atoms with E-state index in [4.69, 9.17) is 0 Å². The summed E-state index contributed by atoms with van der Waals surface area (Å²) in [5.41, 5.74) is 4.24. The van der Waals surface area contributed by atoms with Crippen molar-refractivity contribution in [2.75, 3.05) is 0 Å². The Balaban J connectivity index is 2.21. The van der Waals surface area contributed by atoms with Crippen LogP contribution in [0.3, 0.4) is 0 Å². The average molecular weight is 250 g/mol. The molecule has 0 fully saturated rings. The van der Waals surface area contributed by atoms with Crippen LogP contribution >= 0.6 is 0 Å². The van der Waals surface area contributed by atoms with Crippen molar-refractivity contribution in [3.63, 3.8) is 0 Å². The molecule has 0 radical (unpaired) electrons. The molecule has 3 rings (SSSR count). The lowest BCUT2D eigenvalue weighted by atomic mass is 9.94. The zero-order valence-corrected chi connectivity index (χ0v) is 11.6. The van der Waals surface area contributed by atoms with Crippen LogP contribution in [0.25, 0.3) is 12.2 Å². The zero-order valence-electron chi connectivity index (χ0n) is 11.6. The van der Waals surface area contributed by atoms with Gasteiger partial charge in [-0.15, -0.1) is 0 Å². The first-order chi connectivity index (χ1) is 9.05. The second kappa shape index (κ2) is 4.30. The van der Waals surface area contributed by atoms with Gasteiger partial charge in [-0.2, -0.15) is 0 Å². The van der Waals surface area contributed by atoms with Gasteiger partial charge in [-0.05, 0) is 0 Å². The smallest absolute Gasteiger partial charge is 0.0960 e. The Hall–Kier alpha value is -1.96. The molecular formula is C17H18N2. The van der Waals surface area contributed by atoms with E-state index in [0.29, 0.717) is 5.92 Å². The number of nitrogens with zero attached hydrogens (tertiary/aromatic N) is 2. The van der Waals surface area contributed by atoms with Gasteiger partial charge in [0.05, 0.1) is 11.4 Å². The van der Waals surface area contributed by atoms with Crippen molar-refractivity contribution >= 4 is 36.0 Å². The van der Waals surface area contributed by atoms with Crippen molar-refractivity contribution in [3.8, 4) is 0 Å². The lowest BCUT2D eigenvalue weighted by Gasteiger charge is -2.10. The van der Waals surface area contributed by atoms with Crippen molar-refractivity contribution in [1.29, 1.82) is 0 Å². The highest BCUT2D eigenvalue weighted by molar-refractivity contribution is 5.91. The molecule has 1 aromatic carbocycles. The lowest BCUT2D eigenvalue weighted by molar-refractivity contribution is 0.699. The predicted molar refractivity (Wildman–Crippen MR) is 83.8 cm³/mol. The summed E-state index contributed by atoms with van der Waals surface area (Å²) in [5.74, 6) is 0.366. The van der Waals surface area contributed by atoms with Gasteiger partial charge in [-0.25, -0.2) is 0 Å². The molecule has 0 saturated heterocycles. The molecule has 1 atom stereocenters. The molecule has 0 amide bonds. The molecular weight excluding hydrogens is 232 g/mol. The number of fused-ring (bicyclic) bond motifs is 3. The Kier molecular flexibility index (Phi) is 2.74. The fraction of sp³-hybridized carbons (Fsp3) is 0.294. The van der Waals surface area contributed by atoms with Gasteiger partial charge in [0.2, 0.25) is 0 Å². The summed E-state index contributed by atoms with van der Waals surface area (Å²) < 4.78 is 0. The molecule has 0 N–H and O–H groups in total. The third-order valence-corrected chi connectivity index (χ3v) is 3.45. The van der Waals surface area contributed by atoms with Crippen molar-refractivity contribution in [3.05, 3.63) is 35.4 Å². The molecule has 0 spiro atoms. The number of hydrogen-bond donors (Lipinski definition) is 0.